The fourth-order valence-electron chi connectivity index (χ4n) is 1.72. The summed E-state index contributed by atoms with van der Waals surface area (Å²) >= 11 is 0. The van der Waals surface area contributed by atoms with Gasteiger partial charge in [-0.2, -0.15) is 0 Å². The highest BCUT2D eigenvalue weighted by molar-refractivity contribution is 7.89. The van der Waals surface area contributed by atoms with Crippen LogP contribution in [0.1, 0.15) is 13.8 Å². The minimum Gasteiger partial charge on any atom is -0.392 e. The molecule has 1 saturated heterocycles. The predicted molar refractivity (Wildman–Crippen MR) is 59.1 cm³/mol. The molecule has 2 N–H and O–H groups in total. The van der Waals surface area contributed by atoms with Gasteiger partial charge in [0, 0.05) is 26.2 Å². The number of hydrogen-bond acceptors (Lipinski definition) is 4. The van der Waals surface area contributed by atoms with E-state index < -0.39 is 10.0 Å². The molecule has 0 spiro atoms. The number of rotatable bonds is 5. The van der Waals surface area contributed by atoms with Crippen molar-refractivity contribution in [3.63, 3.8) is 0 Å². The Balaban J connectivity index is 2.27. The molecule has 0 amide bonds. The van der Waals surface area contributed by atoms with Crippen molar-refractivity contribution in [2.45, 2.75) is 20.0 Å². The smallest absolute Gasteiger partial charge is 0.214 e. The van der Waals surface area contributed by atoms with Crippen LogP contribution in [0.15, 0.2) is 0 Å². The molecule has 2 unspecified atom stereocenters. The Kier molecular flexibility index (Phi) is 4.51. The van der Waals surface area contributed by atoms with E-state index in [1.54, 1.807) is 6.92 Å². The number of sulfonamides is 1. The van der Waals surface area contributed by atoms with Crippen molar-refractivity contribution in [3.8, 4) is 0 Å². The van der Waals surface area contributed by atoms with E-state index in [0.717, 1.165) is 0 Å². The van der Waals surface area contributed by atoms with Gasteiger partial charge in [0.1, 0.15) is 0 Å². The summed E-state index contributed by atoms with van der Waals surface area (Å²) in [4.78, 5) is 0. The van der Waals surface area contributed by atoms with Crippen molar-refractivity contribution in [2.75, 3.05) is 31.9 Å². The molecule has 1 aliphatic heterocycles. The molecule has 0 aromatic heterocycles. The molecule has 90 valence electrons. The molecule has 0 aliphatic carbocycles. The molecule has 0 bridgehead atoms. The molecular formula is C9H20N2O3S. The lowest BCUT2D eigenvalue weighted by molar-refractivity contribution is 0.190. The van der Waals surface area contributed by atoms with Gasteiger partial charge >= 0.3 is 0 Å². The van der Waals surface area contributed by atoms with E-state index in [1.165, 1.54) is 4.31 Å². The lowest BCUT2D eigenvalue weighted by Crippen LogP contribution is -2.35. The maximum atomic E-state index is 11.5. The van der Waals surface area contributed by atoms with Crippen LogP contribution in [0.2, 0.25) is 0 Å². The van der Waals surface area contributed by atoms with Crippen LogP contribution in [0.5, 0.6) is 0 Å². The highest BCUT2D eigenvalue weighted by Gasteiger charge is 2.32. The lowest BCUT2D eigenvalue weighted by Gasteiger charge is -2.15. The van der Waals surface area contributed by atoms with E-state index in [-0.39, 0.29) is 17.8 Å². The Labute approximate surface area is 91.5 Å². The zero-order valence-corrected chi connectivity index (χ0v) is 10.1. The van der Waals surface area contributed by atoms with Gasteiger partial charge in [-0.15, -0.1) is 0 Å². The summed E-state index contributed by atoms with van der Waals surface area (Å²) in [5.74, 6) is 0.496. The van der Waals surface area contributed by atoms with Crippen LogP contribution in [-0.2, 0) is 10.0 Å². The molecule has 15 heavy (non-hydrogen) atoms. The van der Waals surface area contributed by atoms with Gasteiger partial charge in [0.15, 0.2) is 0 Å². The first-order valence-corrected chi connectivity index (χ1v) is 6.89. The zero-order chi connectivity index (χ0) is 11.5. The number of aliphatic hydroxyl groups excluding tert-OH is 1. The van der Waals surface area contributed by atoms with Gasteiger partial charge in [-0.05, 0) is 12.8 Å². The van der Waals surface area contributed by atoms with Crippen molar-refractivity contribution in [3.05, 3.63) is 0 Å². The fourth-order valence-corrected chi connectivity index (χ4v) is 3.61. The van der Waals surface area contributed by atoms with Crippen LogP contribution in [0, 0.1) is 5.92 Å². The Morgan fingerprint density at radius 3 is 2.73 bits per heavy atom. The van der Waals surface area contributed by atoms with Gasteiger partial charge in [0.2, 0.25) is 10.0 Å². The molecule has 1 heterocycles. The molecule has 1 rings (SSSR count). The maximum absolute atomic E-state index is 11.5. The van der Waals surface area contributed by atoms with Crippen molar-refractivity contribution in [2.24, 2.45) is 5.92 Å². The summed E-state index contributed by atoms with van der Waals surface area (Å²) < 4.78 is 24.6. The number of nitrogens with one attached hydrogen (secondary N) is 1. The standard InChI is InChI=1S/C9H20N2O3S/c1-8-6-11(15(13,14)7-8)4-3-10-5-9(2)12/h8-10,12H,3-7H2,1-2H3. The van der Waals surface area contributed by atoms with Crippen LogP contribution in [0.25, 0.3) is 0 Å². The van der Waals surface area contributed by atoms with Gasteiger partial charge in [0.05, 0.1) is 11.9 Å². The molecule has 5 nitrogen and oxygen atoms in total. The highest BCUT2D eigenvalue weighted by atomic mass is 32.2. The summed E-state index contributed by atoms with van der Waals surface area (Å²) in [7, 11) is -3.01. The molecule has 0 aromatic rings. The van der Waals surface area contributed by atoms with Crippen LogP contribution in [0.3, 0.4) is 0 Å². The van der Waals surface area contributed by atoms with E-state index in [1.807, 2.05) is 6.92 Å². The molecular weight excluding hydrogens is 216 g/mol. The van der Waals surface area contributed by atoms with Crippen molar-refractivity contribution in [1.29, 1.82) is 0 Å². The van der Waals surface area contributed by atoms with Gasteiger partial charge in [-0.3, -0.25) is 0 Å². The van der Waals surface area contributed by atoms with Gasteiger partial charge in [0.25, 0.3) is 0 Å². The Morgan fingerprint density at radius 2 is 2.27 bits per heavy atom. The van der Waals surface area contributed by atoms with Crippen LogP contribution in [-0.4, -0.2) is 55.9 Å². The Hall–Kier alpha value is -0.170. The third-order valence-corrected chi connectivity index (χ3v) is 4.49. The molecule has 0 saturated carbocycles. The lowest BCUT2D eigenvalue weighted by atomic mass is 10.2. The van der Waals surface area contributed by atoms with Crippen LogP contribution < -0.4 is 5.32 Å². The first-order valence-electron chi connectivity index (χ1n) is 5.28. The van der Waals surface area contributed by atoms with E-state index in [2.05, 4.69) is 5.32 Å². The molecule has 1 aliphatic rings. The monoisotopic (exact) mass is 236 g/mol. The summed E-state index contributed by atoms with van der Waals surface area (Å²) in [5.41, 5.74) is 0. The second-order valence-electron chi connectivity index (χ2n) is 4.29. The highest BCUT2D eigenvalue weighted by Crippen LogP contribution is 2.17. The fraction of sp³-hybridized carbons (Fsp3) is 1.00. The largest absolute Gasteiger partial charge is 0.392 e. The maximum Gasteiger partial charge on any atom is 0.214 e. The third-order valence-electron chi connectivity index (χ3n) is 2.38. The van der Waals surface area contributed by atoms with Crippen molar-refractivity contribution >= 4 is 10.0 Å². The van der Waals surface area contributed by atoms with Crippen molar-refractivity contribution < 1.29 is 13.5 Å². The van der Waals surface area contributed by atoms with Gasteiger partial charge < -0.3 is 10.4 Å². The number of nitrogens with zero attached hydrogens (tertiary/aromatic N) is 1. The van der Waals surface area contributed by atoms with Crippen LogP contribution in [0.4, 0.5) is 0 Å². The second kappa shape index (κ2) is 5.25. The number of hydrogen-bond donors (Lipinski definition) is 2. The van der Waals surface area contributed by atoms with E-state index >= 15 is 0 Å². The van der Waals surface area contributed by atoms with E-state index in [4.69, 9.17) is 5.11 Å². The molecule has 0 radical (unpaired) electrons. The first kappa shape index (κ1) is 12.9. The predicted octanol–water partition coefficient (Wildman–Crippen LogP) is -0.762. The SMILES string of the molecule is CC(O)CNCCN1CC(C)CS1(=O)=O. The minimum atomic E-state index is -3.01. The minimum absolute atomic E-state index is 0.228. The summed E-state index contributed by atoms with van der Waals surface area (Å²) in [6.07, 6.45) is -0.390. The third kappa shape index (κ3) is 4.06. The Morgan fingerprint density at radius 1 is 1.60 bits per heavy atom. The van der Waals surface area contributed by atoms with E-state index in [9.17, 15) is 8.42 Å². The first-order chi connectivity index (χ1) is 6.92. The summed E-state index contributed by atoms with van der Waals surface area (Å²) in [5, 5.41) is 12.0. The van der Waals surface area contributed by atoms with E-state index in [0.29, 0.717) is 26.2 Å². The average Bonchev–Trinajstić information content (AvgIpc) is 2.33. The van der Waals surface area contributed by atoms with Crippen LogP contribution >= 0.6 is 0 Å². The molecule has 6 heteroatoms. The topological polar surface area (TPSA) is 69.6 Å². The molecule has 0 aromatic carbocycles. The van der Waals surface area contributed by atoms with Crippen molar-refractivity contribution in [1.82, 2.24) is 9.62 Å². The summed E-state index contributed by atoms with van der Waals surface area (Å²) in [6, 6.07) is 0. The van der Waals surface area contributed by atoms with Gasteiger partial charge in [-0.1, -0.05) is 6.92 Å². The molecule has 1 fully saturated rings. The molecule has 2 atom stereocenters. The Bertz CT molecular complexity index is 290. The number of aliphatic hydroxyl groups is 1. The average molecular weight is 236 g/mol. The van der Waals surface area contributed by atoms with Gasteiger partial charge in [-0.25, -0.2) is 12.7 Å². The normalized spacial score (nSPS) is 28.1. The zero-order valence-electron chi connectivity index (χ0n) is 9.31. The quantitative estimate of drug-likeness (QED) is 0.616. The second-order valence-corrected chi connectivity index (χ2v) is 6.31. The summed E-state index contributed by atoms with van der Waals surface area (Å²) in [6.45, 7) is 5.86.